The number of nitriles is 1. The molecule has 1 aromatic heterocycles. The van der Waals surface area contributed by atoms with Gasteiger partial charge in [0.1, 0.15) is 17.7 Å². The normalized spacial score (nSPS) is 11.0. The Morgan fingerprint density at radius 1 is 1.19 bits per heavy atom. The van der Waals surface area contributed by atoms with Crippen LogP contribution in [0.2, 0.25) is 0 Å². The van der Waals surface area contributed by atoms with Crippen LogP contribution in [0.4, 0.5) is 14.5 Å². The van der Waals surface area contributed by atoms with Crippen LogP contribution in [0.25, 0.3) is 10.9 Å². The Morgan fingerprint density at radius 2 is 1.96 bits per heavy atom. The minimum absolute atomic E-state index is 0.273. The molecule has 4 nitrogen and oxygen atoms in total. The van der Waals surface area contributed by atoms with E-state index < -0.39 is 0 Å². The van der Waals surface area contributed by atoms with E-state index in [0.717, 1.165) is 5.56 Å². The Kier molecular flexibility index (Phi) is 5.33. The van der Waals surface area contributed by atoms with Crippen molar-refractivity contribution in [1.29, 1.82) is 5.26 Å². The molecule has 0 saturated carbocycles. The van der Waals surface area contributed by atoms with Crippen molar-refractivity contribution < 1.29 is 8.78 Å². The molecule has 0 radical (unpaired) electrons. The number of nitrogens with zero attached hydrogens (tertiary/aromatic N) is 3. The van der Waals surface area contributed by atoms with Gasteiger partial charge in [0, 0.05) is 30.2 Å². The molecule has 1 N–H and O–H groups in total. The minimum atomic E-state index is -0.390. The zero-order valence-corrected chi connectivity index (χ0v) is 15.5. The van der Waals surface area contributed by atoms with Crippen LogP contribution >= 0.6 is 0 Å². The molecule has 0 atom stereocenters. The molecular weight excluding hydrogens is 346 g/mol. The molecule has 0 aliphatic carbocycles. The van der Waals surface area contributed by atoms with Crippen molar-refractivity contribution in [2.45, 2.75) is 20.0 Å². The zero-order valence-electron chi connectivity index (χ0n) is 15.5. The molecule has 0 spiro atoms. The van der Waals surface area contributed by atoms with E-state index in [1.807, 2.05) is 25.1 Å². The van der Waals surface area contributed by atoms with E-state index in [4.69, 9.17) is 0 Å². The maximum Gasteiger partial charge on any atom is 0.128 e. The third kappa shape index (κ3) is 4.04. The summed E-state index contributed by atoms with van der Waals surface area (Å²) in [4.78, 5) is 6.17. The van der Waals surface area contributed by atoms with Gasteiger partial charge < -0.3 is 10.2 Å². The molecule has 3 aromatic rings. The summed E-state index contributed by atoms with van der Waals surface area (Å²) >= 11 is 0. The highest BCUT2D eigenvalue weighted by molar-refractivity contribution is 5.95. The predicted octanol–water partition coefficient (Wildman–Crippen LogP) is 4.37. The second-order valence-electron chi connectivity index (χ2n) is 6.79. The number of rotatable bonds is 5. The summed E-state index contributed by atoms with van der Waals surface area (Å²) in [5.41, 5.74) is 3.49. The number of aryl methyl sites for hydroxylation is 1. The highest BCUT2D eigenvalue weighted by Gasteiger charge is 2.12. The van der Waals surface area contributed by atoms with E-state index in [0.29, 0.717) is 46.4 Å². The van der Waals surface area contributed by atoms with Crippen LogP contribution in [-0.2, 0) is 13.1 Å². The molecule has 0 aliphatic rings. The fourth-order valence-corrected chi connectivity index (χ4v) is 3.07. The van der Waals surface area contributed by atoms with Crippen molar-refractivity contribution in [3.05, 3.63) is 70.4 Å². The third-order valence-corrected chi connectivity index (χ3v) is 4.32. The van der Waals surface area contributed by atoms with Crippen molar-refractivity contribution >= 4 is 16.6 Å². The first kappa shape index (κ1) is 18.7. The standard InChI is InChI=1S/C21H20F2N4/c1-13-6-17(22)8-18-20(13)26-11-16(9-24)21(18)25-10-14-4-5-15(12-27(2)3)19(23)7-14/h4-8,11H,10,12H2,1-3H3,(H,25,26). The van der Waals surface area contributed by atoms with Gasteiger partial charge in [-0.15, -0.1) is 0 Å². The molecule has 3 rings (SSSR count). The molecule has 138 valence electrons. The van der Waals surface area contributed by atoms with E-state index in [1.165, 1.54) is 24.4 Å². The van der Waals surface area contributed by atoms with Gasteiger partial charge in [-0.25, -0.2) is 8.78 Å². The number of hydrogen-bond acceptors (Lipinski definition) is 4. The maximum atomic E-state index is 14.3. The first-order valence-electron chi connectivity index (χ1n) is 8.54. The molecule has 0 unspecified atom stereocenters. The van der Waals surface area contributed by atoms with Crippen molar-refractivity contribution in [3.8, 4) is 6.07 Å². The molecule has 1 heterocycles. The van der Waals surface area contributed by atoms with Crippen LogP contribution in [0.3, 0.4) is 0 Å². The van der Waals surface area contributed by atoms with E-state index in [2.05, 4.69) is 16.4 Å². The van der Waals surface area contributed by atoms with Gasteiger partial charge in [0.2, 0.25) is 0 Å². The molecule has 0 fully saturated rings. The third-order valence-electron chi connectivity index (χ3n) is 4.32. The lowest BCUT2D eigenvalue weighted by Crippen LogP contribution is -2.12. The number of pyridine rings is 1. The molecule has 0 amide bonds. The zero-order chi connectivity index (χ0) is 19.6. The second kappa shape index (κ2) is 7.68. The quantitative estimate of drug-likeness (QED) is 0.729. The number of hydrogen-bond donors (Lipinski definition) is 1. The van der Waals surface area contributed by atoms with E-state index >= 15 is 0 Å². The fourth-order valence-electron chi connectivity index (χ4n) is 3.07. The topological polar surface area (TPSA) is 52.0 Å². The summed E-state index contributed by atoms with van der Waals surface area (Å²) < 4.78 is 28.2. The van der Waals surface area contributed by atoms with Gasteiger partial charge >= 0.3 is 0 Å². The number of nitrogens with one attached hydrogen (secondary N) is 1. The van der Waals surface area contributed by atoms with Gasteiger partial charge in [-0.3, -0.25) is 4.98 Å². The van der Waals surface area contributed by atoms with Gasteiger partial charge in [0.15, 0.2) is 0 Å². The summed E-state index contributed by atoms with van der Waals surface area (Å²) in [5.74, 6) is -0.663. The summed E-state index contributed by atoms with van der Waals surface area (Å²) in [7, 11) is 3.77. The summed E-state index contributed by atoms with van der Waals surface area (Å²) in [6, 6.07) is 9.92. The molecule has 2 aromatic carbocycles. The number of fused-ring (bicyclic) bond motifs is 1. The molecule has 27 heavy (non-hydrogen) atoms. The Labute approximate surface area is 157 Å². The molecule has 0 aliphatic heterocycles. The van der Waals surface area contributed by atoms with Crippen LogP contribution < -0.4 is 5.32 Å². The Hall–Kier alpha value is -3.04. The van der Waals surface area contributed by atoms with Crippen molar-refractivity contribution in [1.82, 2.24) is 9.88 Å². The van der Waals surface area contributed by atoms with Crippen molar-refractivity contribution in [2.24, 2.45) is 0 Å². The lowest BCUT2D eigenvalue weighted by atomic mass is 10.1. The van der Waals surface area contributed by atoms with E-state index in [1.54, 1.807) is 13.0 Å². The van der Waals surface area contributed by atoms with Crippen molar-refractivity contribution in [3.63, 3.8) is 0 Å². The highest BCUT2D eigenvalue weighted by atomic mass is 19.1. The van der Waals surface area contributed by atoms with Crippen LogP contribution in [0, 0.1) is 29.9 Å². The Morgan fingerprint density at radius 3 is 2.63 bits per heavy atom. The van der Waals surface area contributed by atoms with E-state index in [-0.39, 0.29) is 11.6 Å². The summed E-state index contributed by atoms with van der Waals surface area (Å²) in [6.45, 7) is 2.60. The smallest absolute Gasteiger partial charge is 0.128 e. The average molecular weight is 366 g/mol. The van der Waals surface area contributed by atoms with Gasteiger partial charge in [-0.1, -0.05) is 12.1 Å². The largest absolute Gasteiger partial charge is 0.379 e. The number of anilines is 1. The Bertz CT molecular complexity index is 1040. The first-order chi connectivity index (χ1) is 12.9. The SMILES string of the molecule is Cc1cc(F)cc2c(NCc3ccc(CN(C)C)c(F)c3)c(C#N)cnc12. The van der Waals surface area contributed by atoms with E-state index in [9.17, 15) is 14.0 Å². The predicted molar refractivity (Wildman–Crippen MR) is 102 cm³/mol. The molecule has 0 bridgehead atoms. The lowest BCUT2D eigenvalue weighted by molar-refractivity contribution is 0.392. The minimum Gasteiger partial charge on any atom is -0.379 e. The molecule has 6 heteroatoms. The van der Waals surface area contributed by atoms with Gasteiger partial charge in [0.05, 0.1) is 16.8 Å². The van der Waals surface area contributed by atoms with Crippen molar-refractivity contribution in [2.75, 3.05) is 19.4 Å². The summed E-state index contributed by atoms with van der Waals surface area (Å²) in [5, 5.41) is 13.1. The second-order valence-corrected chi connectivity index (χ2v) is 6.79. The first-order valence-corrected chi connectivity index (χ1v) is 8.54. The lowest BCUT2D eigenvalue weighted by Gasteiger charge is -2.14. The van der Waals surface area contributed by atoms with Gasteiger partial charge in [0.25, 0.3) is 0 Å². The summed E-state index contributed by atoms with van der Waals surface area (Å²) in [6.07, 6.45) is 1.47. The highest BCUT2D eigenvalue weighted by Crippen LogP contribution is 2.29. The maximum absolute atomic E-state index is 14.3. The molecular formula is C21H20F2N4. The van der Waals surface area contributed by atoms with Crippen LogP contribution in [-0.4, -0.2) is 24.0 Å². The van der Waals surface area contributed by atoms with Crippen LogP contribution in [0.1, 0.15) is 22.3 Å². The number of aromatic nitrogens is 1. The van der Waals surface area contributed by atoms with Crippen LogP contribution in [0.15, 0.2) is 36.5 Å². The number of benzene rings is 2. The molecule has 0 saturated heterocycles. The van der Waals surface area contributed by atoms with Crippen LogP contribution in [0.5, 0.6) is 0 Å². The fraction of sp³-hybridized carbons (Fsp3) is 0.238. The van der Waals surface area contributed by atoms with Gasteiger partial charge in [-0.2, -0.15) is 5.26 Å². The number of halogens is 2. The average Bonchev–Trinajstić information content (AvgIpc) is 2.61. The van der Waals surface area contributed by atoms with Gasteiger partial charge in [-0.05, 0) is 50.3 Å². The monoisotopic (exact) mass is 366 g/mol. The Balaban J connectivity index is 1.93.